The van der Waals surface area contributed by atoms with Crippen molar-refractivity contribution in [3.05, 3.63) is 64.7 Å². The minimum atomic E-state index is -0.326. The van der Waals surface area contributed by atoms with Gasteiger partial charge in [-0.2, -0.15) is 0 Å². The van der Waals surface area contributed by atoms with Gasteiger partial charge in [-0.3, -0.25) is 14.9 Å². The topological polar surface area (TPSA) is 98.8 Å². The molecule has 0 fully saturated rings. The maximum absolute atomic E-state index is 12.5. The summed E-state index contributed by atoms with van der Waals surface area (Å²) in [4.78, 5) is 29.1. The van der Waals surface area contributed by atoms with E-state index in [1.54, 1.807) is 30.7 Å². The van der Waals surface area contributed by atoms with Gasteiger partial charge in [0, 0.05) is 17.5 Å². The van der Waals surface area contributed by atoms with Crippen LogP contribution in [-0.4, -0.2) is 44.7 Å². The number of carbonyl (C=O) groups excluding carboxylic acids is 2. The Kier molecular flexibility index (Phi) is 8.04. The number of hydrogen-bond donors (Lipinski definition) is 2. The third-order valence-electron chi connectivity index (χ3n) is 4.67. The Morgan fingerprint density at radius 3 is 2.47 bits per heavy atom. The van der Waals surface area contributed by atoms with E-state index >= 15 is 0 Å². The molecule has 3 rings (SSSR count). The number of hydrogen-bond acceptors (Lipinski definition) is 7. The molecule has 32 heavy (non-hydrogen) atoms. The van der Waals surface area contributed by atoms with Gasteiger partial charge in [-0.05, 0) is 36.2 Å². The summed E-state index contributed by atoms with van der Waals surface area (Å²) in [5.41, 5.74) is 2.03. The Hall–Kier alpha value is -3.59. The van der Waals surface area contributed by atoms with E-state index in [9.17, 15) is 9.59 Å². The number of carbonyl (C=O) groups is 2. The second kappa shape index (κ2) is 11.1. The summed E-state index contributed by atoms with van der Waals surface area (Å²) in [6.07, 6.45) is 0.800. The van der Waals surface area contributed by atoms with Crippen LogP contribution in [0.5, 0.6) is 17.2 Å². The van der Waals surface area contributed by atoms with Crippen LogP contribution in [-0.2, 0) is 17.6 Å². The van der Waals surface area contributed by atoms with Gasteiger partial charge in [-0.25, -0.2) is 4.98 Å². The van der Waals surface area contributed by atoms with Crippen molar-refractivity contribution in [2.75, 3.05) is 33.2 Å². The van der Waals surface area contributed by atoms with Gasteiger partial charge >= 0.3 is 0 Å². The average Bonchev–Trinajstić information content (AvgIpc) is 3.25. The summed E-state index contributed by atoms with van der Waals surface area (Å²) in [5.74, 6) is 1.34. The molecular formula is C23H25N3O5S. The highest BCUT2D eigenvalue weighted by atomic mass is 32.1. The van der Waals surface area contributed by atoms with Crippen molar-refractivity contribution < 1.29 is 23.8 Å². The minimum absolute atomic E-state index is 0.134. The molecule has 0 atom stereocenters. The lowest BCUT2D eigenvalue weighted by Crippen LogP contribution is -2.27. The quantitative estimate of drug-likeness (QED) is 0.487. The summed E-state index contributed by atoms with van der Waals surface area (Å²) in [6.45, 7) is 0.492. The molecule has 0 saturated heterocycles. The molecule has 0 aliphatic rings. The van der Waals surface area contributed by atoms with Crippen molar-refractivity contribution in [3.8, 4) is 17.2 Å². The van der Waals surface area contributed by atoms with Crippen LogP contribution in [0.3, 0.4) is 0 Å². The molecule has 2 amide bonds. The van der Waals surface area contributed by atoms with E-state index in [1.807, 2.05) is 24.3 Å². The largest absolute Gasteiger partial charge is 0.496 e. The number of ether oxygens (including phenoxy) is 3. The summed E-state index contributed by atoms with van der Waals surface area (Å²) in [5, 5.41) is 7.80. The maximum atomic E-state index is 12.5. The Morgan fingerprint density at radius 1 is 0.969 bits per heavy atom. The normalized spacial score (nSPS) is 10.3. The fraction of sp³-hybridized carbons (Fsp3) is 0.261. The Labute approximate surface area is 190 Å². The molecule has 2 aromatic carbocycles. The molecule has 9 heteroatoms. The van der Waals surface area contributed by atoms with Crippen LogP contribution in [0, 0.1) is 0 Å². The van der Waals surface area contributed by atoms with Crippen LogP contribution >= 0.6 is 11.3 Å². The predicted molar refractivity (Wildman–Crippen MR) is 123 cm³/mol. The van der Waals surface area contributed by atoms with Gasteiger partial charge in [0.2, 0.25) is 5.91 Å². The zero-order chi connectivity index (χ0) is 22.9. The van der Waals surface area contributed by atoms with E-state index < -0.39 is 0 Å². The van der Waals surface area contributed by atoms with Crippen LogP contribution in [0.25, 0.3) is 0 Å². The molecule has 1 heterocycles. The number of amides is 2. The number of thiazole rings is 1. The first-order chi connectivity index (χ1) is 15.5. The zero-order valence-electron chi connectivity index (χ0n) is 18.1. The zero-order valence-corrected chi connectivity index (χ0v) is 19.0. The molecule has 2 N–H and O–H groups in total. The SMILES string of the molecule is COc1ccccc1CCNC(=O)Cc1csc(NC(=O)c2ccc(OC)c(OC)c2)n1. The lowest BCUT2D eigenvalue weighted by atomic mass is 10.1. The molecule has 0 radical (unpaired) electrons. The van der Waals surface area contributed by atoms with Gasteiger partial charge in [0.1, 0.15) is 5.75 Å². The van der Waals surface area contributed by atoms with E-state index in [0.717, 1.165) is 11.3 Å². The van der Waals surface area contributed by atoms with E-state index in [-0.39, 0.29) is 18.2 Å². The number of rotatable bonds is 10. The molecule has 168 valence electrons. The second-order valence-electron chi connectivity index (χ2n) is 6.76. The lowest BCUT2D eigenvalue weighted by molar-refractivity contribution is -0.120. The van der Waals surface area contributed by atoms with E-state index in [0.29, 0.717) is 40.9 Å². The first-order valence-corrected chi connectivity index (χ1v) is 10.8. The highest BCUT2D eigenvalue weighted by Crippen LogP contribution is 2.28. The lowest BCUT2D eigenvalue weighted by Gasteiger charge is -2.09. The summed E-state index contributed by atoms with van der Waals surface area (Å²) in [6, 6.07) is 12.6. The van der Waals surface area contributed by atoms with Crippen molar-refractivity contribution >= 4 is 28.3 Å². The van der Waals surface area contributed by atoms with Crippen LogP contribution in [0.4, 0.5) is 5.13 Å². The van der Waals surface area contributed by atoms with Gasteiger partial charge in [-0.15, -0.1) is 11.3 Å². The van der Waals surface area contributed by atoms with Crippen molar-refractivity contribution in [2.24, 2.45) is 0 Å². The number of benzene rings is 2. The fourth-order valence-corrected chi connectivity index (χ4v) is 3.77. The predicted octanol–water partition coefficient (Wildman–Crippen LogP) is 3.32. The third kappa shape index (κ3) is 5.98. The van der Waals surface area contributed by atoms with Crippen molar-refractivity contribution in [3.63, 3.8) is 0 Å². The monoisotopic (exact) mass is 455 g/mol. The summed E-state index contributed by atoms with van der Waals surface area (Å²) >= 11 is 1.26. The molecule has 0 saturated carbocycles. The van der Waals surface area contributed by atoms with Crippen LogP contribution < -0.4 is 24.8 Å². The molecular weight excluding hydrogens is 430 g/mol. The highest BCUT2D eigenvalue weighted by Gasteiger charge is 2.14. The Bertz CT molecular complexity index is 1080. The van der Waals surface area contributed by atoms with Crippen molar-refractivity contribution in [2.45, 2.75) is 12.8 Å². The molecule has 1 aromatic heterocycles. The second-order valence-corrected chi connectivity index (χ2v) is 7.61. The minimum Gasteiger partial charge on any atom is -0.496 e. The maximum Gasteiger partial charge on any atom is 0.257 e. The smallest absolute Gasteiger partial charge is 0.257 e. The molecule has 8 nitrogen and oxygen atoms in total. The van der Waals surface area contributed by atoms with Crippen molar-refractivity contribution in [1.29, 1.82) is 0 Å². The van der Waals surface area contributed by atoms with Crippen LogP contribution in [0.2, 0.25) is 0 Å². The summed E-state index contributed by atoms with van der Waals surface area (Å²) < 4.78 is 15.7. The van der Waals surface area contributed by atoms with Crippen molar-refractivity contribution in [1.82, 2.24) is 10.3 Å². The van der Waals surface area contributed by atoms with Gasteiger partial charge in [0.15, 0.2) is 16.6 Å². The molecule has 0 spiro atoms. The van der Waals surface area contributed by atoms with Crippen LogP contribution in [0.15, 0.2) is 47.8 Å². The van der Waals surface area contributed by atoms with Gasteiger partial charge in [0.25, 0.3) is 5.91 Å². The van der Waals surface area contributed by atoms with Gasteiger partial charge in [-0.1, -0.05) is 18.2 Å². The number of nitrogens with one attached hydrogen (secondary N) is 2. The summed E-state index contributed by atoms with van der Waals surface area (Å²) in [7, 11) is 4.67. The standard InChI is InChI=1S/C23H25N3O5S/c1-29-18-7-5-4-6-15(18)10-11-24-21(27)13-17-14-32-23(25-17)26-22(28)16-8-9-19(30-2)20(12-16)31-3/h4-9,12,14H,10-11,13H2,1-3H3,(H,24,27)(H,25,26,28). The van der Waals surface area contributed by atoms with Crippen LogP contribution in [0.1, 0.15) is 21.6 Å². The Morgan fingerprint density at radius 2 is 1.72 bits per heavy atom. The number of para-hydroxylation sites is 1. The van der Waals surface area contributed by atoms with E-state index in [1.165, 1.54) is 25.6 Å². The average molecular weight is 456 g/mol. The number of aromatic nitrogens is 1. The highest BCUT2D eigenvalue weighted by molar-refractivity contribution is 7.14. The molecule has 0 aliphatic heterocycles. The first-order valence-electron chi connectivity index (χ1n) is 9.90. The third-order valence-corrected chi connectivity index (χ3v) is 5.48. The molecule has 0 unspecified atom stereocenters. The van der Waals surface area contributed by atoms with Gasteiger partial charge < -0.3 is 19.5 Å². The molecule has 0 aliphatic carbocycles. The number of anilines is 1. The fourth-order valence-electron chi connectivity index (χ4n) is 3.07. The first kappa shape index (κ1) is 23.1. The Balaban J connectivity index is 1.51. The number of methoxy groups -OCH3 is 3. The molecule has 0 bridgehead atoms. The van der Waals surface area contributed by atoms with E-state index in [4.69, 9.17) is 14.2 Å². The molecule has 3 aromatic rings. The number of nitrogens with zero attached hydrogens (tertiary/aromatic N) is 1. The van der Waals surface area contributed by atoms with Gasteiger partial charge in [0.05, 0.1) is 33.4 Å². The van der Waals surface area contributed by atoms with E-state index in [2.05, 4.69) is 15.6 Å².